The first-order valence-corrected chi connectivity index (χ1v) is 10.8. The van der Waals surface area contributed by atoms with Crippen LogP contribution in [0.15, 0.2) is 41.6 Å². The first-order chi connectivity index (χ1) is 13.6. The molecule has 0 spiro atoms. The molecule has 2 aromatic carbocycles. The highest BCUT2D eigenvalue weighted by Crippen LogP contribution is 2.44. The standard InChI is InChI=1S/C22H22N4OS/c1-13-6-3-7-14(2)26(13)18(27)12-28-22-23-20-16-10-4-8-15-9-5-11-17(19(15)16)21(20)24-25-22/h4-5,8-11,13-14H,3,6-7,12H2,1-2H3/t13-,14-/m0/s1. The fraction of sp³-hybridized carbons (Fsp3) is 0.364. The van der Waals surface area contributed by atoms with Crippen molar-refractivity contribution in [2.24, 2.45) is 0 Å². The number of carbonyl (C=O) groups is 1. The molecule has 1 aromatic heterocycles. The summed E-state index contributed by atoms with van der Waals surface area (Å²) in [6, 6.07) is 13.1. The highest BCUT2D eigenvalue weighted by Gasteiger charge is 2.29. The highest BCUT2D eigenvalue weighted by atomic mass is 32.2. The van der Waals surface area contributed by atoms with Crippen LogP contribution in [0.1, 0.15) is 33.1 Å². The minimum Gasteiger partial charge on any atom is -0.337 e. The zero-order valence-corrected chi connectivity index (χ0v) is 16.9. The second-order valence-electron chi connectivity index (χ2n) is 7.72. The van der Waals surface area contributed by atoms with Gasteiger partial charge in [-0.2, -0.15) is 0 Å². The maximum absolute atomic E-state index is 12.8. The minimum atomic E-state index is 0.166. The summed E-state index contributed by atoms with van der Waals surface area (Å²) >= 11 is 1.38. The minimum absolute atomic E-state index is 0.166. The Bertz CT molecular complexity index is 1070. The van der Waals surface area contributed by atoms with Crippen LogP contribution in [0, 0.1) is 0 Å². The molecule has 1 saturated heterocycles. The van der Waals surface area contributed by atoms with E-state index in [1.54, 1.807) is 0 Å². The Balaban J connectivity index is 1.40. The van der Waals surface area contributed by atoms with Gasteiger partial charge in [0.05, 0.1) is 5.75 Å². The number of hydrogen-bond donors (Lipinski definition) is 0. The number of hydrogen-bond acceptors (Lipinski definition) is 5. The summed E-state index contributed by atoms with van der Waals surface area (Å²) < 4.78 is 0. The molecule has 5 rings (SSSR count). The third-order valence-corrected chi connectivity index (χ3v) is 6.71. The molecule has 28 heavy (non-hydrogen) atoms. The number of amides is 1. The first kappa shape index (κ1) is 17.6. The summed E-state index contributed by atoms with van der Waals surface area (Å²) in [5.41, 5.74) is 3.90. The predicted molar refractivity (Wildman–Crippen MR) is 112 cm³/mol. The maximum Gasteiger partial charge on any atom is 0.233 e. The first-order valence-electron chi connectivity index (χ1n) is 9.84. The third kappa shape index (κ3) is 2.78. The van der Waals surface area contributed by atoms with E-state index in [9.17, 15) is 4.79 Å². The molecular weight excluding hydrogens is 368 g/mol. The van der Waals surface area contributed by atoms with Gasteiger partial charge >= 0.3 is 0 Å². The van der Waals surface area contributed by atoms with Crippen molar-refractivity contribution in [3.05, 3.63) is 36.4 Å². The molecule has 142 valence electrons. The molecule has 0 saturated carbocycles. The van der Waals surface area contributed by atoms with Crippen molar-refractivity contribution in [3.63, 3.8) is 0 Å². The molecule has 1 aliphatic carbocycles. The molecular formula is C22H22N4OS. The van der Waals surface area contributed by atoms with E-state index >= 15 is 0 Å². The van der Waals surface area contributed by atoms with Gasteiger partial charge in [0.15, 0.2) is 0 Å². The van der Waals surface area contributed by atoms with Crippen LogP contribution in [0.25, 0.3) is 33.3 Å². The number of carbonyl (C=O) groups excluding carboxylic acids is 1. The van der Waals surface area contributed by atoms with E-state index in [2.05, 4.69) is 48.3 Å². The second kappa shape index (κ2) is 6.85. The summed E-state index contributed by atoms with van der Waals surface area (Å²) in [4.78, 5) is 19.6. The van der Waals surface area contributed by atoms with Crippen LogP contribution in [0.4, 0.5) is 0 Å². The normalized spacial score (nSPS) is 20.4. The molecule has 1 fully saturated rings. The summed E-state index contributed by atoms with van der Waals surface area (Å²) in [5.74, 6) is 0.519. The van der Waals surface area contributed by atoms with Crippen LogP contribution >= 0.6 is 11.8 Å². The zero-order chi connectivity index (χ0) is 19.3. The molecule has 0 bridgehead atoms. The SMILES string of the molecule is C[C@H]1CCC[C@H](C)N1C(=O)CSc1nnc2c(n1)-c1cccc3cccc-2c13. The third-order valence-electron chi connectivity index (χ3n) is 5.89. The predicted octanol–water partition coefficient (Wildman–Crippen LogP) is 4.55. The van der Waals surface area contributed by atoms with Gasteiger partial charge in [-0.05, 0) is 38.5 Å². The van der Waals surface area contributed by atoms with Crippen LogP contribution < -0.4 is 0 Å². The lowest BCUT2D eigenvalue weighted by Crippen LogP contribution is -2.48. The van der Waals surface area contributed by atoms with E-state index in [0.717, 1.165) is 35.4 Å². The van der Waals surface area contributed by atoms with Crippen molar-refractivity contribution < 1.29 is 4.79 Å². The molecule has 1 aliphatic heterocycles. The van der Waals surface area contributed by atoms with Crippen molar-refractivity contribution in [2.75, 3.05) is 5.75 Å². The topological polar surface area (TPSA) is 59.0 Å². The van der Waals surface area contributed by atoms with Gasteiger partial charge < -0.3 is 4.90 Å². The van der Waals surface area contributed by atoms with E-state index in [-0.39, 0.29) is 5.91 Å². The Hall–Kier alpha value is -2.47. The van der Waals surface area contributed by atoms with Gasteiger partial charge in [0.25, 0.3) is 0 Å². The van der Waals surface area contributed by atoms with Crippen LogP contribution in [-0.2, 0) is 4.79 Å². The Morgan fingerprint density at radius 1 is 1.04 bits per heavy atom. The number of thioether (sulfide) groups is 1. The van der Waals surface area contributed by atoms with E-state index in [1.165, 1.54) is 29.0 Å². The summed E-state index contributed by atoms with van der Waals surface area (Å²) in [6.07, 6.45) is 3.36. The van der Waals surface area contributed by atoms with Crippen molar-refractivity contribution in [1.82, 2.24) is 20.1 Å². The largest absolute Gasteiger partial charge is 0.337 e. The van der Waals surface area contributed by atoms with Crippen molar-refractivity contribution in [3.8, 4) is 22.5 Å². The summed E-state index contributed by atoms with van der Waals surface area (Å²) in [7, 11) is 0. The molecule has 0 N–H and O–H groups in total. The van der Waals surface area contributed by atoms with Crippen LogP contribution in [0.5, 0.6) is 0 Å². The fourth-order valence-electron chi connectivity index (χ4n) is 4.59. The Kier molecular flexibility index (Phi) is 4.31. The highest BCUT2D eigenvalue weighted by molar-refractivity contribution is 7.99. The molecule has 5 nitrogen and oxygen atoms in total. The monoisotopic (exact) mass is 390 g/mol. The molecule has 0 unspecified atom stereocenters. The van der Waals surface area contributed by atoms with Crippen molar-refractivity contribution >= 4 is 28.4 Å². The van der Waals surface area contributed by atoms with Crippen molar-refractivity contribution in [1.29, 1.82) is 0 Å². The molecule has 1 amide bonds. The smallest absolute Gasteiger partial charge is 0.233 e. The maximum atomic E-state index is 12.8. The number of fused-ring (bicyclic) bond motifs is 3. The van der Waals surface area contributed by atoms with Crippen molar-refractivity contribution in [2.45, 2.75) is 50.4 Å². The number of aromatic nitrogens is 3. The van der Waals surface area contributed by atoms with Crippen LogP contribution in [-0.4, -0.2) is 43.8 Å². The molecule has 0 radical (unpaired) electrons. The van der Waals surface area contributed by atoms with Gasteiger partial charge in [0.1, 0.15) is 11.4 Å². The number of piperidine rings is 1. The zero-order valence-electron chi connectivity index (χ0n) is 16.1. The van der Waals surface area contributed by atoms with E-state index in [1.807, 2.05) is 17.0 Å². The lowest BCUT2D eigenvalue weighted by molar-refractivity contribution is -0.134. The lowest BCUT2D eigenvalue weighted by Gasteiger charge is -2.39. The van der Waals surface area contributed by atoms with Gasteiger partial charge in [-0.15, -0.1) is 10.2 Å². The number of nitrogens with zero attached hydrogens (tertiary/aromatic N) is 4. The van der Waals surface area contributed by atoms with Gasteiger partial charge in [-0.1, -0.05) is 48.2 Å². The molecule has 6 heteroatoms. The number of rotatable bonds is 3. The molecule has 2 heterocycles. The molecule has 2 atom stereocenters. The van der Waals surface area contributed by atoms with Crippen LogP contribution in [0.2, 0.25) is 0 Å². The Morgan fingerprint density at radius 3 is 2.43 bits per heavy atom. The number of benzene rings is 2. The summed E-state index contributed by atoms with van der Waals surface area (Å²) in [5, 5.41) is 11.7. The van der Waals surface area contributed by atoms with Gasteiger partial charge in [0, 0.05) is 28.6 Å². The Morgan fingerprint density at radius 2 is 1.71 bits per heavy atom. The average molecular weight is 391 g/mol. The second-order valence-corrected chi connectivity index (χ2v) is 8.66. The lowest BCUT2D eigenvalue weighted by atomic mass is 9.98. The van der Waals surface area contributed by atoms with E-state index < -0.39 is 0 Å². The van der Waals surface area contributed by atoms with Gasteiger partial charge in [0.2, 0.25) is 11.1 Å². The van der Waals surface area contributed by atoms with E-state index in [0.29, 0.717) is 23.0 Å². The quantitative estimate of drug-likeness (QED) is 0.480. The van der Waals surface area contributed by atoms with Gasteiger partial charge in [-0.3, -0.25) is 4.79 Å². The van der Waals surface area contributed by atoms with E-state index in [4.69, 9.17) is 4.98 Å². The van der Waals surface area contributed by atoms with Gasteiger partial charge in [-0.25, -0.2) is 4.98 Å². The number of likely N-dealkylation sites (tertiary alicyclic amines) is 1. The fourth-order valence-corrected chi connectivity index (χ4v) is 5.25. The molecule has 2 aliphatic rings. The Labute approximate surface area is 168 Å². The molecule has 3 aromatic rings. The average Bonchev–Trinajstić information content (AvgIpc) is 3.02. The summed E-state index contributed by atoms with van der Waals surface area (Å²) in [6.45, 7) is 4.28. The van der Waals surface area contributed by atoms with Crippen LogP contribution in [0.3, 0.4) is 0 Å².